The molecule has 0 amide bonds. The molecule has 9 heteroatoms. The average Bonchev–Trinajstić information content (AvgIpc) is 3.25. The molecule has 0 saturated carbocycles. The molecule has 1 aromatic heterocycles. The summed E-state index contributed by atoms with van der Waals surface area (Å²) >= 11 is 1.54. The molecule has 0 atom stereocenters. The maximum atomic E-state index is 12.7. The van der Waals surface area contributed by atoms with E-state index in [2.05, 4.69) is 4.98 Å². The summed E-state index contributed by atoms with van der Waals surface area (Å²) in [6.45, 7) is 0.670. The van der Waals surface area contributed by atoms with Gasteiger partial charge in [0, 0.05) is 25.1 Å². The SMILES string of the molecule is O=C(CCc1nc2ccccc2s1)OCC(=O)c1ccc(S(=O)(=O)N2CCCCC2)cc1. The van der Waals surface area contributed by atoms with E-state index < -0.39 is 16.0 Å². The van der Waals surface area contributed by atoms with Gasteiger partial charge in [-0.3, -0.25) is 9.59 Å². The summed E-state index contributed by atoms with van der Waals surface area (Å²) < 4.78 is 33.1. The van der Waals surface area contributed by atoms with Crippen molar-refractivity contribution in [2.75, 3.05) is 19.7 Å². The summed E-state index contributed by atoms with van der Waals surface area (Å²) in [5.74, 6) is -0.845. The van der Waals surface area contributed by atoms with Crippen molar-refractivity contribution in [2.24, 2.45) is 0 Å². The van der Waals surface area contributed by atoms with E-state index in [4.69, 9.17) is 4.74 Å². The van der Waals surface area contributed by atoms with Crippen LogP contribution >= 0.6 is 11.3 Å². The number of fused-ring (bicyclic) bond motifs is 1. The second-order valence-electron chi connectivity index (χ2n) is 7.65. The number of para-hydroxylation sites is 1. The molecule has 2 heterocycles. The van der Waals surface area contributed by atoms with E-state index in [1.165, 1.54) is 39.9 Å². The lowest BCUT2D eigenvalue weighted by Gasteiger charge is -2.25. The number of carbonyl (C=O) groups excluding carboxylic acids is 2. The molecular formula is C23H24N2O5S2. The van der Waals surface area contributed by atoms with Crippen molar-refractivity contribution < 1.29 is 22.7 Å². The van der Waals surface area contributed by atoms with Gasteiger partial charge in [-0.25, -0.2) is 13.4 Å². The Morgan fingerprint density at radius 2 is 1.72 bits per heavy atom. The van der Waals surface area contributed by atoms with Gasteiger partial charge in [-0.1, -0.05) is 18.6 Å². The molecule has 0 spiro atoms. The van der Waals surface area contributed by atoms with Gasteiger partial charge in [0.2, 0.25) is 10.0 Å². The molecule has 2 aromatic carbocycles. The van der Waals surface area contributed by atoms with Gasteiger partial charge in [0.1, 0.15) is 0 Å². The standard InChI is InChI=1S/C23H24N2O5S2/c26-20(16-30-23(27)13-12-22-24-19-6-2-3-7-21(19)31-22)17-8-10-18(11-9-17)32(28,29)25-14-4-1-5-15-25/h2-3,6-11H,1,4-5,12-16H2. The lowest BCUT2D eigenvalue weighted by molar-refractivity contribution is -0.142. The van der Waals surface area contributed by atoms with Crippen molar-refractivity contribution in [3.8, 4) is 0 Å². The van der Waals surface area contributed by atoms with Gasteiger partial charge in [0.05, 0.1) is 26.5 Å². The number of benzene rings is 2. The van der Waals surface area contributed by atoms with Crippen molar-refractivity contribution in [1.82, 2.24) is 9.29 Å². The maximum Gasteiger partial charge on any atom is 0.306 e. The predicted octanol–water partition coefficient (Wildman–Crippen LogP) is 3.83. The molecule has 32 heavy (non-hydrogen) atoms. The number of nitrogens with zero attached hydrogens (tertiary/aromatic N) is 2. The van der Waals surface area contributed by atoms with Crippen molar-refractivity contribution >= 4 is 43.3 Å². The molecule has 0 radical (unpaired) electrons. The van der Waals surface area contributed by atoms with Crippen LogP contribution in [0.3, 0.4) is 0 Å². The molecule has 0 bridgehead atoms. The molecule has 0 N–H and O–H groups in total. The fraction of sp³-hybridized carbons (Fsp3) is 0.348. The smallest absolute Gasteiger partial charge is 0.306 e. The first-order valence-corrected chi connectivity index (χ1v) is 12.8. The van der Waals surface area contributed by atoms with E-state index in [1.54, 1.807) is 0 Å². The number of esters is 1. The van der Waals surface area contributed by atoms with Crippen LogP contribution in [-0.4, -0.2) is 49.2 Å². The molecule has 1 fully saturated rings. The number of aryl methyl sites for hydroxylation is 1. The van der Waals surface area contributed by atoms with Gasteiger partial charge >= 0.3 is 5.97 Å². The summed E-state index contributed by atoms with van der Waals surface area (Å²) in [7, 11) is -3.54. The first-order valence-electron chi connectivity index (χ1n) is 10.6. The number of rotatable bonds is 8. The Bertz CT molecular complexity index is 1180. The number of Topliss-reactive ketones (excluding diaryl/α,β-unsaturated/α-hetero) is 1. The van der Waals surface area contributed by atoms with Gasteiger partial charge in [-0.2, -0.15) is 4.31 Å². The van der Waals surface area contributed by atoms with E-state index in [-0.39, 0.29) is 23.7 Å². The molecule has 3 aromatic rings. The highest BCUT2D eigenvalue weighted by atomic mass is 32.2. The van der Waals surface area contributed by atoms with Crippen LogP contribution in [0.4, 0.5) is 0 Å². The minimum Gasteiger partial charge on any atom is -0.457 e. The highest BCUT2D eigenvalue weighted by Gasteiger charge is 2.26. The number of hydrogen-bond acceptors (Lipinski definition) is 7. The van der Waals surface area contributed by atoms with Crippen LogP contribution < -0.4 is 0 Å². The molecule has 168 valence electrons. The Balaban J connectivity index is 1.28. The van der Waals surface area contributed by atoms with Gasteiger partial charge < -0.3 is 4.74 Å². The van der Waals surface area contributed by atoms with Gasteiger partial charge in [-0.05, 0) is 49.2 Å². The van der Waals surface area contributed by atoms with Crippen LogP contribution in [0.15, 0.2) is 53.4 Å². The monoisotopic (exact) mass is 472 g/mol. The Kier molecular flexibility index (Phi) is 6.98. The van der Waals surface area contributed by atoms with E-state index in [0.29, 0.717) is 25.1 Å². The predicted molar refractivity (Wildman–Crippen MR) is 122 cm³/mol. The molecule has 0 aliphatic carbocycles. The van der Waals surface area contributed by atoms with Crippen LogP contribution in [0.2, 0.25) is 0 Å². The topological polar surface area (TPSA) is 93.6 Å². The van der Waals surface area contributed by atoms with Crippen LogP contribution in [-0.2, 0) is 26.0 Å². The van der Waals surface area contributed by atoms with Gasteiger partial charge in [0.25, 0.3) is 0 Å². The number of piperidine rings is 1. The highest BCUT2D eigenvalue weighted by Crippen LogP contribution is 2.23. The van der Waals surface area contributed by atoms with Crippen LogP contribution in [0, 0.1) is 0 Å². The Hall–Kier alpha value is -2.62. The number of carbonyl (C=O) groups is 2. The maximum absolute atomic E-state index is 12.7. The lowest BCUT2D eigenvalue weighted by Crippen LogP contribution is -2.35. The third kappa shape index (κ3) is 5.23. The minimum atomic E-state index is -3.54. The molecule has 1 aliphatic rings. The Morgan fingerprint density at radius 1 is 1.00 bits per heavy atom. The second-order valence-corrected chi connectivity index (χ2v) is 10.7. The zero-order valence-corrected chi connectivity index (χ0v) is 19.2. The average molecular weight is 473 g/mol. The summed E-state index contributed by atoms with van der Waals surface area (Å²) in [5, 5.41) is 0.847. The highest BCUT2D eigenvalue weighted by molar-refractivity contribution is 7.89. The number of aromatic nitrogens is 1. The second kappa shape index (κ2) is 9.89. The molecule has 1 saturated heterocycles. The van der Waals surface area contributed by atoms with Crippen LogP contribution in [0.1, 0.15) is 41.0 Å². The molecule has 4 rings (SSSR count). The van der Waals surface area contributed by atoms with Crippen LogP contribution in [0.5, 0.6) is 0 Å². The van der Waals surface area contributed by atoms with Gasteiger partial charge in [-0.15, -0.1) is 11.3 Å². The zero-order chi connectivity index (χ0) is 22.6. The molecule has 7 nitrogen and oxygen atoms in total. The first-order chi connectivity index (χ1) is 15.4. The molecular weight excluding hydrogens is 448 g/mol. The first kappa shape index (κ1) is 22.6. The zero-order valence-electron chi connectivity index (χ0n) is 17.5. The molecule has 1 aliphatic heterocycles. The summed E-state index contributed by atoms with van der Waals surface area (Å²) in [5.41, 5.74) is 1.21. The van der Waals surface area contributed by atoms with E-state index >= 15 is 0 Å². The number of sulfonamides is 1. The van der Waals surface area contributed by atoms with Crippen molar-refractivity contribution in [1.29, 1.82) is 0 Å². The summed E-state index contributed by atoms with van der Waals surface area (Å²) in [4.78, 5) is 29.1. The van der Waals surface area contributed by atoms with E-state index in [1.807, 2.05) is 24.3 Å². The summed E-state index contributed by atoms with van der Waals surface area (Å²) in [6, 6.07) is 13.6. The molecule has 0 unspecified atom stereocenters. The summed E-state index contributed by atoms with van der Waals surface area (Å²) in [6.07, 6.45) is 3.36. The normalized spacial score (nSPS) is 15.0. The van der Waals surface area contributed by atoms with Crippen molar-refractivity contribution in [3.63, 3.8) is 0 Å². The largest absolute Gasteiger partial charge is 0.457 e. The number of thiazole rings is 1. The Labute approximate surface area is 191 Å². The Morgan fingerprint density at radius 3 is 2.44 bits per heavy atom. The van der Waals surface area contributed by atoms with Crippen molar-refractivity contribution in [3.05, 3.63) is 59.1 Å². The van der Waals surface area contributed by atoms with Crippen LogP contribution in [0.25, 0.3) is 10.2 Å². The lowest BCUT2D eigenvalue weighted by atomic mass is 10.1. The number of ether oxygens (including phenoxy) is 1. The fourth-order valence-electron chi connectivity index (χ4n) is 3.60. The van der Waals surface area contributed by atoms with Gasteiger partial charge in [0.15, 0.2) is 12.4 Å². The quantitative estimate of drug-likeness (QED) is 0.365. The number of ketones is 1. The fourth-order valence-corrected chi connectivity index (χ4v) is 6.09. The van der Waals surface area contributed by atoms with E-state index in [9.17, 15) is 18.0 Å². The van der Waals surface area contributed by atoms with Crippen molar-refractivity contribution in [2.45, 2.75) is 37.0 Å². The third-order valence-corrected chi connectivity index (χ3v) is 8.38. The van der Waals surface area contributed by atoms with E-state index in [0.717, 1.165) is 34.5 Å². The minimum absolute atomic E-state index is 0.139. The third-order valence-electron chi connectivity index (χ3n) is 5.37. The number of hydrogen-bond donors (Lipinski definition) is 0.